The fourth-order valence-corrected chi connectivity index (χ4v) is 4.50. The zero-order valence-electron chi connectivity index (χ0n) is 16.8. The first-order valence-electron chi connectivity index (χ1n) is 10.2. The van der Waals surface area contributed by atoms with Crippen molar-refractivity contribution in [2.24, 2.45) is 7.05 Å². The van der Waals surface area contributed by atoms with Gasteiger partial charge in [0.25, 0.3) is 5.91 Å². The van der Waals surface area contributed by atoms with Crippen LogP contribution in [-0.2, 0) is 13.5 Å². The van der Waals surface area contributed by atoms with Crippen LogP contribution in [-0.4, -0.2) is 44.7 Å². The minimum atomic E-state index is -0.620. The van der Waals surface area contributed by atoms with E-state index < -0.39 is 12.2 Å². The zero-order valence-corrected chi connectivity index (χ0v) is 16.8. The van der Waals surface area contributed by atoms with E-state index >= 15 is 0 Å². The maximum atomic E-state index is 13.1. The average molecular weight is 391 g/mol. The van der Waals surface area contributed by atoms with E-state index in [2.05, 4.69) is 4.98 Å². The standard InChI is InChI=1S/C23H25N3O3/c1-14-24-21-18(25(14)2)11-16(23(28)26-9-5-6-10-26)13-20(21)29-22-17-8-4-3-7-15(17)12-19(22)27/h3-4,7-8,11,13,19,22,27H,5-6,9-10,12H2,1-2H3/t19-,22-/m1/s1. The number of likely N-dealkylation sites (tertiary alicyclic amines) is 1. The highest BCUT2D eigenvalue weighted by atomic mass is 16.5. The molecule has 0 bridgehead atoms. The maximum Gasteiger partial charge on any atom is 0.254 e. The molecule has 1 saturated heterocycles. The number of rotatable bonds is 3. The number of aliphatic hydroxyl groups excluding tert-OH is 1. The summed E-state index contributed by atoms with van der Waals surface area (Å²) >= 11 is 0. The molecule has 0 unspecified atom stereocenters. The van der Waals surface area contributed by atoms with Gasteiger partial charge in [-0.3, -0.25) is 4.79 Å². The van der Waals surface area contributed by atoms with Crippen LogP contribution in [0.5, 0.6) is 5.75 Å². The minimum absolute atomic E-state index is 0.0282. The highest BCUT2D eigenvalue weighted by molar-refractivity contribution is 5.99. The van der Waals surface area contributed by atoms with Crippen molar-refractivity contribution in [2.45, 2.75) is 38.4 Å². The minimum Gasteiger partial charge on any atom is -0.481 e. The number of amides is 1. The van der Waals surface area contributed by atoms with Crippen molar-refractivity contribution in [3.05, 3.63) is 58.9 Å². The summed E-state index contributed by atoms with van der Waals surface area (Å²) in [6.07, 6.45) is 1.58. The molecule has 5 rings (SSSR count). The monoisotopic (exact) mass is 391 g/mol. The molecule has 6 heteroatoms. The number of nitrogens with zero attached hydrogens (tertiary/aromatic N) is 3. The lowest BCUT2D eigenvalue weighted by Gasteiger charge is -2.20. The van der Waals surface area contributed by atoms with E-state index in [9.17, 15) is 9.90 Å². The average Bonchev–Trinajstić information content (AvgIpc) is 3.42. The van der Waals surface area contributed by atoms with Gasteiger partial charge in [-0.15, -0.1) is 0 Å². The van der Waals surface area contributed by atoms with Gasteiger partial charge < -0.3 is 19.3 Å². The van der Waals surface area contributed by atoms with Crippen LogP contribution in [0, 0.1) is 6.92 Å². The highest BCUT2D eigenvalue weighted by Crippen LogP contribution is 2.38. The summed E-state index contributed by atoms with van der Waals surface area (Å²) in [7, 11) is 1.94. The van der Waals surface area contributed by atoms with Gasteiger partial charge in [-0.1, -0.05) is 24.3 Å². The Labute approximate surface area is 169 Å². The predicted octanol–water partition coefficient (Wildman–Crippen LogP) is 3.15. The number of hydrogen-bond donors (Lipinski definition) is 1. The number of aryl methyl sites for hydroxylation is 2. The van der Waals surface area contributed by atoms with Gasteiger partial charge in [0.2, 0.25) is 0 Å². The Kier molecular flexibility index (Phi) is 4.32. The fraction of sp³-hybridized carbons (Fsp3) is 0.391. The molecule has 1 fully saturated rings. The van der Waals surface area contributed by atoms with Crippen LogP contribution in [0.4, 0.5) is 0 Å². The molecule has 1 N–H and O–H groups in total. The molecule has 0 radical (unpaired) electrons. The lowest BCUT2D eigenvalue weighted by molar-refractivity contribution is 0.0503. The molecule has 3 aromatic rings. The first-order chi connectivity index (χ1) is 14.0. The Hall–Kier alpha value is -2.86. The van der Waals surface area contributed by atoms with Crippen LogP contribution in [0.15, 0.2) is 36.4 Å². The number of aromatic nitrogens is 2. The summed E-state index contributed by atoms with van der Waals surface area (Å²) in [5, 5.41) is 10.6. The van der Waals surface area contributed by atoms with Crippen LogP contribution in [0.3, 0.4) is 0 Å². The van der Waals surface area contributed by atoms with Crippen LogP contribution < -0.4 is 4.74 Å². The molecule has 2 aliphatic rings. The van der Waals surface area contributed by atoms with E-state index in [1.807, 2.05) is 53.8 Å². The summed E-state index contributed by atoms with van der Waals surface area (Å²) in [4.78, 5) is 19.6. The van der Waals surface area contributed by atoms with Gasteiger partial charge in [-0.25, -0.2) is 4.98 Å². The van der Waals surface area contributed by atoms with E-state index in [1.54, 1.807) is 6.07 Å². The number of imidazole rings is 1. The molecular weight excluding hydrogens is 366 g/mol. The molecule has 2 atom stereocenters. The van der Waals surface area contributed by atoms with E-state index in [-0.39, 0.29) is 5.91 Å². The smallest absolute Gasteiger partial charge is 0.254 e. The van der Waals surface area contributed by atoms with Gasteiger partial charge in [0, 0.05) is 32.1 Å². The van der Waals surface area contributed by atoms with E-state index in [0.717, 1.165) is 53.9 Å². The third-order valence-electron chi connectivity index (χ3n) is 6.21. The van der Waals surface area contributed by atoms with Crippen molar-refractivity contribution in [1.29, 1.82) is 0 Å². The number of carbonyl (C=O) groups excluding carboxylic acids is 1. The summed E-state index contributed by atoms with van der Waals surface area (Å²) in [6.45, 7) is 3.53. The number of benzene rings is 2. The second-order valence-corrected chi connectivity index (χ2v) is 8.07. The van der Waals surface area contributed by atoms with Crippen molar-refractivity contribution in [2.75, 3.05) is 13.1 Å². The molecule has 1 aromatic heterocycles. The molecule has 1 aliphatic heterocycles. The van der Waals surface area contributed by atoms with Crippen molar-refractivity contribution in [1.82, 2.24) is 14.5 Å². The Balaban J connectivity index is 1.59. The second kappa shape index (κ2) is 6.88. The Morgan fingerprint density at radius 1 is 1.21 bits per heavy atom. The van der Waals surface area contributed by atoms with Gasteiger partial charge in [0.05, 0.1) is 11.6 Å². The molecule has 0 spiro atoms. The Morgan fingerprint density at radius 3 is 2.76 bits per heavy atom. The fourth-order valence-electron chi connectivity index (χ4n) is 4.50. The van der Waals surface area contributed by atoms with Crippen molar-refractivity contribution < 1.29 is 14.6 Å². The lowest BCUT2D eigenvalue weighted by Crippen LogP contribution is -2.27. The molecule has 29 heavy (non-hydrogen) atoms. The van der Waals surface area contributed by atoms with Gasteiger partial charge in [0.15, 0.2) is 6.10 Å². The van der Waals surface area contributed by atoms with Gasteiger partial charge in [-0.2, -0.15) is 0 Å². The van der Waals surface area contributed by atoms with Crippen LogP contribution in [0.25, 0.3) is 11.0 Å². The molecule has 150 valence electrons. The van der Waals surface area contributed by atoms with Gasteiger partial charge in [0.1, 0.15) is 17.1 Å². The third-order valence-corrected chi connectivity index (χ3v) is 6.21. The van der Waals surface area contributed by atoms with Crippen LogP contribution >= 0.6 is 0 Å². The van der Waals surface area contributed by atoms with E-state index in [4.69, 9.17) is 4.74 Å². The zero-order chi connectivity index (χ0) is 20.1. The summed E-state index contributed by atoms with van der Waals surface area (Å²) < 4.78 is 8.33. The second-order valence-electron chi connectivity index (χ2n) is 8.07. The normalized spacial score (nSPS) is 21.0. The van der Waals surface area contributed by atoms with Crippen LogP contribution in [0.2, 0.25) is 0 Å². The SMILES string of the molecule is Cc1nc2c(O[C@@H]3c4ccccc4C[C@H]3O)cc(C(=O)N3CCCC3)cc2n1C. The topological polar surface area (TPSA) is 67.6 Å². The number of carbonyl (C=O) groups is 1. The molecule has 2 aromatic carbocycles. The quantitative estimate of drug-likeness (QED) is 0.745. The number of aliphatic hydroxyl groups is 1. The molecule has 6 nitrogen and oxygen atoms in total. The molecule has 0 saturated carbocycles. The largest absolute Gasteiger partial charge is 0.481 e. The number of hydrogen-bond acceptors (Lipinski definition) is 4. The molecule has 1 amide bonds. The summed E-state index contributed by atoms with van der Waals surface area (Å²) in [5.74, 6) is 1.43. The van der Waals surface area contributed by atoms with Crippen LogP contribution in [0.1, 0.15) is 46.3 Å². The van der Waals surface area contributed by atoms with E-state index in [0.29, 0.717) is 17.7 Å². The molecular formula is C23H25N3O3. The van der Waals surface area contributed by atoms with E-state index in [1.165, 1.54) is 0 Å². The molecule has 1 aliphatic carbocycles. The maximum absolute atomic E-state index is 13.1. The van der Waals surface area contributed by atoms with Gasteiger partial charge in [-0.05, 0) is 43.0 Å². The van der Waals surface area contributed by atoms with Crippen molar-refractivity contribution in [3.63, 3.8) is 0 Å². The van der Waals surface area contributed by atoms with Gasteiger partial charge >= 0.3 is 0 Å². The Bertz CT molecular complexity index is 1100. The summed E-state index contributed by atoms with van der Waals surface area (Å²) in [5.41, 5.74) is 4.29. The molecule has 2 heterocycles. The third kappa shape index (κ3) is 2.99. The first kappa shape index (κ1) is 18.2. The van der Waals surface area contributed by atoms with Crippen molar-refractivity contribution in [3.8, 4) is 5.75 Å². The Morgan fingerprint density at radius 2 is 1.97 bits per heavy atom. The summed E-state index contributed by atoms with van der Waals surface area (Å²) in [6, 6.07) is 11.7. The number of ether oxygens (including phenoxy) is 1. The number of fused-ring (bicyclic) bond motifs is 2. The predicted molar refractivity (Wildman–Crippen MR) is 110 cm³/mol. The lowest BCUT2D eigenvalue weighted by atomic mass is 10.1. The highest BCUT2D eigenvalue weighted by Gasteiger charge is 2.33. The van der Waals surface area contributed by atoms with Crippen molar-refractivity contribution >= 4 is 16.9 Å². The first-order valence-corrected chi connectivity index (χ1v) is 10.2.